The van der Waals surface area contributed by atoms with Crippen LogP contribution in [0.3, 0.4) is 0 Å². The van der Waals surface area contributed by atoms with Crippen molar-refractivity contribution in [3.05, 3.63) is 30.0 Å². The minimum absolute atomic E-state index is 0.0895. The van der Waals surface area contributed by atoms with Crippen molar-refractivity contribution in [1.29, 1.82) is 5.26 Å². The molecular weight excluding hydrogens is 422 g/mol. The Balaban J connectivity index is 0.000000890. The molecule has 3 rings (SSSR count). The van der Waals surface area contributed by atoms with Gasteiger partial charge in [-0.25, -0.2) is 0 Å². The molecule has 1 aliphatic rings. The van der Waals surface area contributed by atoms with Gasteiger partial charge in [-0.1, -0.05) is 26.8 Å². The van der Waals surface area contributed by atoms with Crippen molar-refractivity contribution in [2.24, 2.45) is 11.8 Å². The number of carbonyl (C=O) groups is 3. The highest BCUT2D eigenvalue weighted by atomic mass is 16.5. The number of nitrogens with zero attached hydrogens (tertiary/aromatic N) is 1. The predicted molar refractivity (Wildman–Crippen MR) is 126 cm³/mol. The zero-order valence-corrected chi connectivity index (χ0v) is 19.7. The second-order valence-corrected chi connectivity index (χ2v) is 8.63. The Morgan fingerprint density at radius 2 is 2.03 bits per heavy atom. The highest BCUT2D eigenvalue weighted by Gasteiger charge is 2.26. The lowest BCUT2D eigenvalue weighted by Crippen LogP contribution is -2.44. The highest BCUT2D eigenvalue weighted by Crippen LogP contribution is 2.25. The molecule has 33 heavy (non-hydrogen) atoms. The van der Waals surface area contributed by atoms with Gasteiger partial charge in [0.05, 0.1) is 19.7 Å². The van der Waals surface area contributed by atoms with Crippen LogP contribution < -0.4 is 20.7 Å². The molecule has 9 nitrogen and oxygen atoms in total. The van der Waals surface area contributed by atoms with Crippen molar-refractivity contribution in [3.63, 3.8) is 0 Å². The number of methoxy groups -OCH3 is 1. The number of H-pyrrole nitrogens is 1. The maximum Gasteiger partial charge on any atom is 0.268 e. The Morgan fingerprint density at radius 1 is 1.30 bits per heavy atom. The van der Waals surface area contributed by atoms with Crippen molar-refractivity contribution in [2.45, 2.75) is 46.1 Å². The van der Waals surface area contributed by atoms with Crippen LogP contribution in [-0.2, 0) is 9.59 Å². The van der Waals surface area contributed by atoms with E-state index in [4.69, 9.17) is 4.74 Å². The first-order valence-corrected chi connectivity index (χ1v) is 11.2. The minimum atomic E-state index is -0.786. The molecule has 1 fully saturated rings. The Hall–Kier alpha value is -3.54. The summed E-state index contributed by atoms with van der Waals surface area (Å²) in [6.45, 7) is 6.87. The number of nitriles is 1. The quantitative estimate of drug-likeness (QED) is 0.508. The van der Waals surface area contributed by atoms with E-state index in [0.717, 1.165) is 23.2 Å². The Labute approximate surface area is 194 Å². The van der Waals surface area contributed by atoms with Gasteiger partial charge in [0, 0.05) is 23.4 Å². The number of nitrogens with one attached hydrogen (secondary N) is 4. The van der Waals surface area contributed by atoms with Gasteiger partial charge in [-0.3, -0.25) is 14.4 Å². The molecule has 1 aliphatic heterocycles. The van der Waals surface area contributed by atoms with Crippen molar-refractivity contribution >= 4 is 28.6 Å². The molecule has 1 aromatic heterocycles. The van der Waals surface area contributed by atoms with Gasteiger partial charge in [-0.05, 0) is 43.4 Å². The lowest BCUT2D eigenvalue weighted by Gasteiger charge is -2.23. The number of benzene rings is 1. The molecule has 1 aromatic carbocycles. The van der Waals surface area contributed by atoms with E-state index < -0.39 is 17.9 Å². The average molecular weight is 456 g/mol. The maximum atomic E-state index is 12.4. The lowest BCUT2D eigenvalue weighted by molar-refractivity contribution is -0.127. The van der Waals surface area contributed by atoms with Crippen LogP contribution in [0.2, 0.25) is 0 Å². The van der Waals surface area contributed by atoms with Gasteiger partial charge in [0.15, 0.2) is 0 Å². The molecule has 3 amide bonds. The fourth-order valence-corrected chi connectivity index (χ4v) is 3.42. The fraction of sp³-hybridized carbons (Fsp3) is 0.500. The van der Waals surface area contributed by atoms with E-state index in [1.165, 1.54) is 0 Å². The number of hydrogen-bond donors (Lipinski definition) is 4. The minimum Gasteiger partial charge on any atom is -0.496 e. The van der Waals surface area contributed by atoms with E-state index in [2.05, 4.69) is 41.7 Å². The van der Waals surface area contributed by atoms with Crippen LogP contribution in [0.1, 0.15) is 50.5 Å². The van der Waals surface area contributed by atoms with E-state index in [9.17, 15) is 19.6 Å². The van der Waals surface area contributed by atoms with Crippen LogP contribution in [0.5, 0.6) is 5.75 Å². The largest absolute Gasteiger partial charge is 0.496 e. The van der Waals surface area contributed by atoms with Crippen molar-refractivity contribution in [2.75, 3.05) is 20.2 Å². The van der Waals surface area contributed by atoms with E-state index in [0.29, 0.717) is 24.4 Å². The second-order valence-electron chi connectivity index (χ2n) is 8.63. The topological polar surface area (TPSA) is 136 Å². The third-order valence-corrected chi connectivity index (χ3v) is 4.91. The van der Waals surface area contributed by atoms with Crippen LogP contribution in [0, 0.1) is 23.2 Å². The number of carbonyl (C=O) groups excluding carboxylic acids is 3. The summed E-state index contributed by atoms with van der Waals surface area (Å²) in [5, 5.41) is 17.9. The number of hydrogen-bond acceptors (Lipinski definition) is 5. The number of amides is 3. The monoisotopic (exact) mass is 455 g/mol. The average Bonchev–Trinajstić information content (AvgIpc) is 3.22. The van der Waals surface area contributed by atoms with E-state index in [-0.39, 0.29) is 24.8 Å². The molecule has 178 valence electrons. The maximum absolute atomic E-state index is 12.4. The molecule has 0 saturated carbocycles. The predicted octanol–water partition coefficient (Wildman–Crippen LogP) is 2.49. The molecule has 0 unspecified atom stereocenters. The molecule has 4 N–H and O–H groups in total. The zero-order valence-electron chi connectivity index (χ0n) is 19.7. The van der Waals surface area contributed by atoms with Crippen LogP contribution >= 0.6 is 0 Å². The first-order valence-electron chi connectivity index (χ1n) is 11.2. The summed E-state index contributed by atoms with van der Waals surface area (Å²) in [5.74, 6) is 0.158. The highest BCUT2D eigenvalue weighted by molar-refractivity contribution is 6.00. The summed E-state index contributed by atoms with van der Waals surface area (Å²) in [7, 11) is 1.55. The third-order valence-electron chi connectivity index (χ3n) is 4.91. The SMILES string of the molecule is CC(C)C.COc1cccc2[nH]c(C(=O)NCC(=O)N[C@H](C#N)C[C@@H]3CCCNC3=O)cc12. The summed E-state index contributed by atoms with van der Waals surface area (Å²) < 4.78 is 5.27. The first kappa shape index (κ1) is 25.7. The Kier molecular flexibility index (Phi) is 9.73. The summed E-state index contributed by atoms with van der Waals surface area (Å²) in [5.41, 5.74) is 1.04. The van der Waals surface area contributed by atoms with E-state index in [1.807, 2.05) is 12.1 Å². The molecule has 0 aliphatic carbocycles. The van der Waals surface area contributed by atoms with Crippen molar-refractivity contribution < 1.29 is 19.1 Å². The molecular formula is C24H33N5O4. The van der Waals surface area contributed by atoms with Crippen molar-refractivity contribution in [1.82, 2.24) is 20.9 Å². The van der Waals surface area contributed by atoms with Gasteiger partial charge in [0.2, 0.25) is 11.8 Å². The van der Waals surface area contributed by atoms with Crippen molar-refractivity contribution in [3.8, 4) is 11.8 Å². The molecule has 2 aromatic rings. The molecule has 1 saturated heterocycles. The van der Waals surface area contributed by atoms with Crippen LogP contribution in [0.15, 0.2) is 24.3 Å². The van der Waals surface area contributed by atoms with Gasteiger partial charge >= 0.3 is 0 Å². The summed E-state index contributed by atoms with van der Waals surface area (Å²) in [6, 6.07) is 8.29. The van der Waals surface area contributed by atoms with Gasteiger partial charge in [-0.15, -0.1) is 0 Å². The number of fused-ring (bicyclic) bond motifs is 1. The molecule has 0 radical (unpaired) electrons. The second kappa shape index (κ2) is 12.5. The Morgan fingerprint density at radius 3 is 2.67 bits per heavy atom. The van der Waals surface area contributed by atoms with Gasteiger partial charge in [0.25, 0.3) is 5.91 Å². The summed E-state index contributed by atoms with van der Waals surface area (Å²) in [6.07, 6.45) is 1.80. The molecule has 9 heteroatoms. The number of aromatic amines is 1. The molecule has 0 spiro atoms. The summed E-state index contributed by atoms with van der Waals surface area (Å²) >= 11 is 0. The molecule has 2 heterocycles. The standard InChI is InChI=1S/C20H23N5O4.C4H10/c1-29-17-6-2-5-15-14(17)9-16(25-15)20(28)23-11-18(26)24-13(10-21)8-12-4-3-7-22-19(12)27;1-4(2)3/h2,5-6,9,12-13,25H,3-4,7-8,11H2,1H3,(H,22,27)(H,23,28)(H,24,26);4H,1-3H3/t12-,13-;/m0./s1. The fourth-order valence-electron chi connectivity index (χ4n) is 3.42. The van der Waals surface area contributed by atoms with Crippen LogP contribution in [0.4, 0.5) is 0 Å². The zero-order chi connectivity index (χ0) is 24.4. The number of rotatable bonds is 7. The normalized spacial score (nSPS) is 16.1. The summed E-state index contributed by atoms with van der Waals surface area (Å²) in [4.78, 5) is 39.3. The van der Waals surface area contributed by atoms with Gasteiger partial charge < -0.3 is 25.7 Å². The van der Waals surface area contributed by atoms with Gasteiger partial charge in [-0.2, -0.15) is 5.26 Å². The Bertz CT molecular complexity index is 1010. The first-order chi connectivity index (χ1) is 15.7. The van der Waals surface area contributed by atoms with Crippen LogP contribution in [-0.4, -0.2) is 48.9 Å². The van der Waals surface area contributed by atoms with E-state index in [1.54, 1.807) is 25.3 Å². The van der Waals surface area contributed by atoms with Crippen LogP contribution in [0.25, 0.3) is 10.9 Å². The van der Waals surface area contributed by atoms with E-state index >= 15 is 0 Å². The number of piperidine rings is 1. The van der Waals surface area contributed by atoms with Gasteiger partial charge in [0.1, 0.15) is 17.5 Å². The number of aromatic nitrogens is 1. The number of ether oxygens (including phenoxy) is 1. The third kappa shape index (κ3) is 7.83. The lowest BCUT2D eigenvalue weighted by atomic mass is 9.92. The molecule has 2 atom stereocenters. The smallest absolute Gasteiger partial charge is 0.268 e. The molecule has 0 bridgehead atoms.